The molecule has 156 valence electrons. The minimum absolute atomic E-state index is 0.129. The standard InChI is InChI=1S/C21H27N3O4S/c1-23(2)19(17-14-24(3)18-9-7-6-8-16(17)18)13-22-29(25,26)15-10-11-20(27-4)21(12-15)28-5/h6-12,14,19,22H,13H2,1-5H3. The smallest absolute Gasteiger partial charge is 0.240 e. The van der Waals surface area contributed by atoms with Crippen molar-refractivity contribution >= 4 is 20.9 Å². The van der Waals surface area contributed by atoms with E-state index in [2.05, 4.69) is 27.6 Å². The summed E-state index contributed by atoms with van der Waals surface area (Å²) in [6.07, 6.45) is 2.06. The molecular weight excluding hydrogens is 390 g/mol. The average Bonchev–Trinajstić information content (AvgIpc) is 3.04. The molecule has 0 saturated heterocycles. The highest BCUT2D eigenvalue weighted by atomic mass is 32.2. The zero-order valence-corrected chi connectivity index (χ0v) is 18.2. The van der Waals surface area contributed by atoms with Crippen LogP contribution in [-0.2, 0) is 17.1 Å². The first kappa shape index (κ1) is 21.2. The highest BCUT2D eigenvalue weighted by molar-refractivity contribution is 7.89. The number of para-hydroxylation sites is 1. The number of aromatic nitrogens is 1. The number of likely N-dealkylation sites (N-methyl/N-ethyl adjacent to an activating group) is 1. The van der Waals surface area contributed by atoms with Crippen LogP contribution in [0.4, 0.5) is 0 Å². The Hall–Kier alpha value is -2.55. The van der Waals surface area contributed by atoms with Crippen molar-refractivity contribution in [3.8, 4) is 11.5 Å². The van der Waals surface area contributed by atoms with E-state index in [0.29, 0.717) is 11.5 Å². The lowest BCUT2D eigenvalue weighted by molar-refractivity contribution is 0.301. The van der Waals surface area contributed by atoms with E-state index in [1.54, 1.807) is 6.07 Å². The summed E-state index contributed by atoms with van der Waals surface area (Å²) in [4.78, 5) is 2.14. The number of rotatable bonds is 8. The largest absolute Gasteiger partial charge is 0.493 e. The second-order valence-electron chi connectivity index (χ2n) is 7.06. The summed E-state index contributed by atoms with van der Waals surface area (Å²) in [5.41, 5.74) is 2.18. The predicted octanol–water partition coefficient (Wildman–Crippen LogP) is 2.78. The summed E-state index contributed by atoms with van der Waals surface area (Å²) in [5, 5.41) is 1.11. The maximum atomic E-state index is 12.9. The Morgan fingerprint density at radius 3 is 2.41 bits per heavy atom. The molecule has 29 heavy (non-hydrogen) atoms. The van der Waals surface area contributed by atoms with Gasteiger partial charge in [-0.2, -0.15) is 0 Å². The van der Waals surface area contributed by atoms with Gasteiger partial charge in [0.15, 0.2) is 11.5 Å². The Labute approximate surface area is 171 Å². The van der Waals surface area contributed by atoms with Gasteiger partial charge in [0.1, 0.15) is 0 Å². The van der Waals surface area contributed by atoms with Crippen molar-refractivity contribution in [3.63, 3.8) is 0 Å². The van der Waals surface area contributed by atoms with Crippen LogP contribution < -0.4 is 14.2 Å². The molecule has 0 spiro atoms. The number of ether oxygens (including phenoxy) is 2. The van der Waals surface area contributed by atoms with E-state index in [0.717, 1.165) is 16.5 Å². The number of aryl methyl sites for hydroxylation is 1. The van der Waals surface area contributed by atoms with E-state index in [9.17, 15) is 8.42 Å². The number of benzene rings is 2. The van der Waals surface area contributed by atoms with Gasteiger partial charge in [-0.3, -0.25) is 0 Å². The number of hydrogen-bond donors (Lipinski definition) is 1. The first-order valence-corrected chi connectivity index (χ1v) is 10.7. The van der Waals surface area contributed by atoms with Gasteiger partial charge in [0.25, 0.3) is 0 Å². The highest BCUT2D eigenvalue weighted by Crippen LogP contribution is 2.31. The van der Waals surface area contributed by atoms with Crippen molar-refractivity contribution in [2.24, 2.45) is 7.05 Å². The van der Waals surface area contributed by atoms with Crippen molar-refractivity contribution in [3.05, 3.63) is 54.2 Å². The van der Waals surface area contributed by atoms with Crippen molar-refractivity contribution < 1.29 is 17.9 Å². The molecule has 0 aliphatic rings. The maximum Gasteiger partial charge on any atom is 0.240 e. The van der Waals surface area contributed by atoms with Crippen LogP contribution in [0.25, 0.3) is 10.9 Å². The van der Waals surface area contributed by atoms with Gasteiger partial charge in [-0.05, 0) is 37.9 Å². The molecule has 0 aliphatic carbocycles. The summed E-state index contributed by atoms with van der Waals surface area (Å²) >= 11 is 0. The van der Waals surface area contributed by atoms with Crippen LogP contribution in [0.3, 0.4) is 0 Å². The first-order valence-electron chi connectivity index (χ1n) is 9.20. The molecule has 1 N–H and O–H groups in total. The lowest BCUT2D eigenvalue weighted by Gasteiger charge is -2.24. The summed E-state index contributed by atoms with van der Waals surface area (Å²) in [6.45, 7) is 0.234. The maximum absolute atomic E-state index is 12.9. The third kappa shape index (κ3) is 4.24. The molecule has 1 aromatic heterocycles. The molecule has 3 aromatic rings. The van der Waals surface area contributed by atoms with E-state index in [1.165, 1.54) is 26.4 Å². The molecule has 2 aromatic carbocycles. The zero-order chi connectivity index (χ0) is 21.2. The summed E-state index contributed by atoms with van der Waals surface area (Å²) in [6, 6.07) is 12.5. The monoisotopic (exact) mass is 417 g/mol. The summed E-state index contributed by atoms with van der Waals surface area (Å²) in [5.74, 6) is 0.849. The number of fused-ring (bicyclic) bond motifs is 1. The van der Waals surface area contributed by atoms with Gasteiger partial charge in [0, 0.05) is 42.8 Å². The molecule has 0 amide bonds. The minimum atomic E-state index is -3.72. The van der Waals surface area contributed by atoms with E-state index in [-0.39, 0.29) is 17.5 Å². The average molecular weight is 418 g/mol. The van der Waals surface area contributed by atoms with Crippen LogP contribution in [0.2, 0.25) is 0 Å². The summed E-state index contributed by atoms with van der Waals surface area (Å²) in [7, 11) is 5.14. The Balaban J connectivity index is 1.89. The molecular formula is C21H27N3O4S. The third-order valence-electron chi connectivity index (χ3n) is 5.04. The van der Waals surface area contributed by atoms with Crippen LogP contribution in [0.15, 0.2) is 53.6 Å². The van der Waals surface area contributed by atoms with Crippen molar-refractivity contribution in [2.75, 3.05) is 34.9 Å². The molecule has 0 radical (unpaired) electrons. The topological polar surface area (TPSA) is 72.8 Å². The van der Waals surface area contributed by atoms with Crippen LogP contribution >= 0.6 is 0 Å². The lowest BCUT2D eigenvalue weighted by Crippen LogP contribution is -2.34. The minimum Gasteiger partial charge on any atom is -0.493 e. The quantitative estimate of drug-likeness (QED) is 0.610. The van der Waals surface area contributed by atoms with E-state index >= 15 is 0 Å². The van der Waals surface area contributed by atoms with Gasteiger partial charge in [0.05, 0.1) is 19.1 Å². The SMILES string of the molecule is COc1ccc(S(=O)(=O)NCC(c2cn(C)c3ccccc23)N(C)C)cc1OC. The van der Waals surface area contributed by atoms with E-state index in [4.69, 9.17) is 9.47 Å². The second-order valence-corrected chi connectivity index (χ2v) is 8.83. The van der Waals surface area contributed by atoms with Crippen LogP contribution in [0, 0.1) is 0 Å². The number of nitrogens with one attached hydrogen (secondary N) is 1. The van der Waals surface area contributed by atoms with Gasteiger partial charge in [0.2, 0.25) is 10.0 Å². The van der Waals surface area contributed by atoms with Gasteiger partial charge < -0.3 is 18.9 Å². The third-order valence-corrected chi connectivity index (χ3v) is 6.46. The van der Waals surface area contributed by atoms with E-state index < -0.39 is 10.0 Å². The molecule has 0 saturated carbocycles. The molecule has 0 bridgehead atoms. The molecule has 1 atom stereocenters. The van der Waals surface area contributed by atoms with Crippen LogP contribution in [-0.4, -0.2) is 52.7 Å². The normalized spacial score (nSPS) is 13.0. The molecule has 1 unspecified atom stereocenters. The van der Waals surface area contributed by atoms with Crippen LogP contribution in [0.1, 0.15) is 11.6 Å². The number of sulfonamides is 1. The van der Waals surface area contributed by atoms with Crippen molar-refractivity contribution in [1.82, 2.24) is 14.2 Å². The molecule has 0 fully saturated rings. The van der Waals surface area contributed by atoms with Gasteiger partial charge in [-0.15, -0.1) is 0 Å². The molecule has 7 nitrogen and oxygen atoms in total. The number of methoxy groups -OCH3 is 2. The fourth-order valence-electron chi connectivity index (χ4n) is 3.46. The molecule has 1 heterocycles. The number of hydrogen-bond acceptors (Lipinski definition) is 5. The Bertz CT molecular complexity index is 1110. The van der Waals surface area contributed by atoms with Crippen molar-refractivity contribution in [1.29, 1.82) is 0 Å². The van der Waals surface area contributed by atoms with E-state index in [1.807, 2.05) is 38.2 Å². The van der Waals surface area contributed by atoms with Gasteiger partial charge in [-0.25, -0.2) is 13.1 Å². The Kier molecular flexibility index (Phi) is 6.16. The Morgan fingerprint density at radius 2 is 1.76 bits per heavy atom. The summed E-state index contributed by atoms with van der Waals surface area (Å²) < 4.78 is 41.0. The molecule has 3 rings (SSSR count). The van der Waals surface area contributed by atoms with Crippen molar-refractivity contribution in [2.45, 2.75) is 10.9 Å². The molecule has 0 aliphatic heterocycles. The van der Waals surface area contributed by atoms with Gasteiger partial charge in [-0.1, -0.05) is 18.2 Å². The van der Waals surface area contributed by atoms with Gasteiger partial charge >= 0.3 is 0 Å². The molecule has 8 heteroatoms. The fraction of sp³-hybridized carbons (Fsp3) is 0.333. The fourth-order valence-corrected chi connectivity index (χ4v) is 4.52. The predicted molar refractivity (Wildman–Crippen MR) is 114 cm³/mol. The zero-order valence-electron chi connectivity index (χ0n) is 17.3. The Morgan fingerprint density at radius 1 is 1.07 bits per heavy atom. The lowest BCUT2D eigenvalue weighted by atomic mass is 10.1. The number of nitrogens with zero attached hydrogens (tertiary/aromatic N) is 2. The first-order chi connectivity index (χ1) is 13.8. The van der Waals surface area contributed by atoms with Crippen LogP contribution in [0.5, 0.6) is 11.5 Å². The highest BCUT2D eigenvalue weighted by Gasteiger charge is 2.23. The second kappa shape index (κ2) is 8.44.